The fourth-order valence-corrected chi connectivity index (χ4v) is 13.6. The Kier molecular flexibility index (Phi) is 13.6. The predicted molar refractivity (Wildman–Crippen MR) is 82.6 cm³/mol. The fourth-order valence-electron chi connectivity index (χ4n) is 0.862. The van der Waals surface area contributed by atoms with Crippen molar-refractivity contribution in [1.29, 1.82) is 0 Å². The smallest absolute Gasteiger partial charge is 0.365 e. The molecule has 0 aliphatic heterocycles. The van der Waals surface area contributed by atoms with E-state index >= 15 is 0 Å². The summed E-state index contributed by atoms with van der Waals surface area (Å²) in [7, 11) is 2.11. The van der Waals surface area contributed by atoms with Gasteiger partial charge in [-0.1, -0.05) is 0 Å². The minimum absolute atomic E-state index is 0.600. The fraction of sp³-hybridized carbons (Fsp3) is 1.00. The summed E-state index contributed by atoms with van der Waals surface area (Å²) in [6, 6.07) is 0. The Hall–Kier alpha value is 1.46. The lowest BCUT2D eigenvalue weighted by atomic mass is 10.9. The summed E-state index contributed by atoms with van der Waals surface area (Å²) in [6.07, 6.45) is 0. The van der Waals surface area contributed by atoms with Gasteiger partial charge in [-0.05, 0) is 47.8 Å². The van der Waals surface area contributed by atoms with Crippen LogP contribution in [0.4, 0.5) is 0 Å². The Bertz CT molecular complexity index is 161. The molecule has 0 saturated heterocycles. The van der Waals surface area contributed by atoms with E-state index in [1.165, 1.54) is 11.1 Å². The molecule has 0 rings (SSSR count). The maximum atomic E-state index is 5.69. The molecule has 0 spiro atoms. The van der Waals surface area contributed by atoms with E-state index in [1.807, 2.05) is 27.7 Å². The molecule has 0 atom stereocenters. The number of rotatable bonds is 12. The second kappa shape index (κ2) is 12.5. The Labute approximate surface area is 120 Å². The molecule has 0 N–H and O–H groups in total. The van der Waals surface area contributed by atoms with E-state index in [9.17, 15) is 0 Å². The van der Waals surface area contributed by atoms with Crippen LogP contribution in [0.25, 0.3) is 0 Å². The van der Waals surface area contributed by atoms with Crippen molar-refractivity contribution in [3.05, 3.63) is 0 Å². The minimum Gasteiger partial charge on any atom is -0.365 e. The molecule has 104 valence electrons. The van der Waals surface area contributed by atoms with E-state index < -0.39 is 7.95 Å². The van der Waals surface area contributed by atoms with Crippen molar-refractivity contribution >= 4 is 48.9 Å². The first kappa shape index (κ1) is 18.5. The monoisotopic (exact) mass is 336 g/mol. The normalized spacial score (nSPS) is 12.0. The highest BCUT2D eigenvalue weighted by Gasteiger charge is 2.43. The van der Waals surface area contributed by atoms with Gasteiger partial charge in [0.15, 0.2) is 0 Å². The van der Waals surface area contributed by atoms with E-state index in [1.54, 1.807) is 29.9 Å². The average molecular weight is 337 g/mol. The maximum absolute atomic E-state index is 5.69. The molecule has 0 radical (unpaired) electrons. The summed E-state index contributed by atoms with van der Waals surface area (Å²) >= 11 is 1.36. The van der Waals surface area contributed by atoms with Crippen LogP contribution >= 0.6 is 41.0 Å². The standard InChI is InChI=1S/C8H20O4S4Si/c1-5-9-13-14-15-16-17(10-6-2,11-7-3)12-8-4/h5-8H2,1-4H3. The quantitative estimate of drug-likeness (QED) is 0.228. The van der Waals surface area contributed by atoms with Gasteiger partial charge >= 0.3 is 7.95 Å². The van der Waals surface area contributed by atoms with E-state index in [-0.39, 0.29) is 0 Å². The molecule has 4 nitrogen and oxygen atoms in total. The van der Waals surface area contributed by atoms with Gasteiger partial charge in [0.1, 0.15) is 0 Å². The zero-order chi connectivity index (χ0) is 13.0. The Morgan fingerprint density at radius 3 is 1.71 bits per heavy atom. The lowest BCUT2D eigenvalue weighted by Gasteiger charge is -2.25. The van der Waals surface area contributed by atoms with Crippen molar-refractivity contribution in [2.24, 2.45) is 0 Å². The van der Waals surface area contributed by atoms with Gasteiger partial charge in [0.25, 0.3) is 0 Å². The van der Waals surface area contributed by atoms with Gasteiger partial charge in [0, 0.05) is 29.6 Å². The third kappa shape index (κ3) is 9.06. The van der Waals surface area contributed by atoms with Gasteiger partial charge in [-0.25, -0.2) is 0 Å². The first-order valence-electron chi connectivity index (χ1n) is 5.47. The zero-order valence-electron chi connectivity index (χ0n) is 10.6. The summed E-state index contributed by atoms with van der Waals surface area (Å²) < 4.78 is 22.2. The van der Waals surface area contributed by atoms with E-state index in [0.717, 1.165) is 0 Å². The third-order valence-electron chi connectivity index (χ3n) is 1.32. The summed E-state index contributed by atoms with van der Waals surface area (Å²) in [4.78, 5) is 0. The average Bonchev–Trinajstić information content (AvgIpc) is 2.30. The highest BCUT2D eigenvalue weighted by atomic mass is 33.7. The van der Waals surface area contributed by atoms with Gasteiger partial charge in [-0.3, -0.25) is 0 Å². The molecule has 0 bridgehead atoms. The molecular weight excluding hydrogens is 316 g/mol. The zero-order valence-corrected chi connectivity index (χ0v) is 14.9. The van der Waals surface area contributed by atoms with Crippen molar-refractivity contribution in [1.82, 2.24) is 0 Å². The molecule has 0 aromatic carbocycles. The molecule has 0 fully saturated rings. The van der Waals surface area contributed by atoms with E-state index in [4.69, 9.17) is 17.5 Å². The molecule has 0 aliphatic rings. The molecule has 0 unspecified atom stereocenters. The van der Waals surface area contributed by atoms with Gasteiger partial charge < -0.3 is 17.5 Å². The van der Waals surface area contributed by atoms with Gasteiger partial charge in [0.05, 0.1) is 17.7 Å². The van der Waals surface area contributed by atoms with Gasteiger partial charge in [-0.15, -0.1) is 0 Å². The number of hydrogen-bond acceptors (Lipinski definition) is 8. The van der Waals surface area contributed by atoms with E-state index in [0.29, 0.717) is 26.4 Å². The van der Waals surface area contributed by atoms with Crippen LogP contribution in [0, 0.1) is 0 Å². The van der Waals surface area contributed by atoms with Crippen molar-refractivity contribution < 1.29 is 17.5 Å². The van der Waals surface area contributed by atoms with Crippen LogP contribution in [-0.2, 0) is 17.5 Å². The van der Waals surface area contributed by atoms with Crippen LogP contribution in [-0.4, -0.2) is 34.4 Å². The van der Waals surface area contributed by atoms with Crippen LogP contribution in [0.5, 0.6) is 0 Å². The van der Waals surface area contributed by atoms with E-state index in [2.05, 4.69) is 0 Å². The Morgan fingerprint density at radius 1 is 0.765 bits per heavy atom. The van der Waals surface area contributed by atoms with Gasteiger partial charge in [0.2, 0.25) is 0 Å². The van der Waals surface area contributed by atoms with Crippen molar-refractivity contribution in [3.63, 3.8) is 0 Å². The second-order valence-corrected chi connectivity index (χ2v) is 12.3. The Balaban J connectivity index is 4.05. The summed E-state index contributed by atoms with van der Waals surface area (Å²) in [5.41, 5.74) is 0. The molecule has 0 aromatic rings. The molecule has 0 aliphatic carbocycles. The van der Waals surface area contributed by atoms with Crippen LogP contribution in [0.3, 0.4) is 0 Å². The molecule has 0 amide bonds. The van der Waals surface area contributed by atoms with Crippen LogP contribution < -0.4 is 0 Å². The van der Waals surface area contributed by atoms with Crippen LogP contribution in [0.2, 0.25) is 0 Å². The molecule has 0 heterocycles. The largest absolute Gasteiger partial charge is 0.585 e. The van der Waals surface area contributed by atoms with Crippen molar-refractivity contribution in [3.8, 4) is 0 Å². The van der Waals surface area contributed by atoms with Crippen LogP contribution in [0.15, 0.2) is 0 Å². The van der Waals surface area contributed by atoms with Gasteiger partial charge in [-0.2, -0.15) is 0 Å². The first-order valence-corrected chi connectivity index (χ1v) is 12.7. The first-order chi connectivity index (χ1) is 8.24. The molecule has 9 heteroatoms. The maximum Gasteiger partial charge on any atom is 0.585 e. The third-order valence-corrected chi connectivity index (χ3v) is 13.2. The predicted octanol–water partition coefficient (Wildman–Crippen LogP) is 4.16. The highest BCUT2D eigenvalue weighted by molar-refractivity contribution is 9.28. The van der Waals surface area contributed by atoms with Crippen molar-refractivity contribution in [2.45, 2.75) is 27.7 Å². The highest BCUT2D eigenvalue weighted by Crippen LogP contribution is 2.48. The molecular formula is C8H20O4S4Si. The molecule has 0 saturated carbocycles. The molecule has 17 heavy (non-hydrogen) atoms. The SMILES string of the molecule is CCOSSSS[Si](OCC)(OCC)OCC. The topological polar surface area (TPSA) is 36.9 Å². The lowest BCUT2D eigenvalue weighted by molar-refractivity contribution is 0.0971. The molecule has 0 aromatic heterocycles. The summed E-state index contributed by atoms with van der Waals surface area (Å²) in [5.74, 6) is 0. The van der Waals surface area contributed by atoms with Crippen molar-refractivity contribution in [2.75, 3.05) is 26.4 Å². The number of hydrogen-bond donors (Lipinski definition) is 0. The van der Waals surface area contributed by atoms with Crippen LogP contribution in [0.1, 0.15) is 27.7 Å². The minimum atomic E-state index is -2.57. The summed E-state index contributed by atoms with van der Waals surface area (Å²) in [5, 5.41) is 0. The lowest BCUT2D eigenvalue weighted by Crippen LogP contribution is -2.42. The Morgan fingerprint density at radius 2 is 1.29 bits per heavy atom. The second-order valence-electron chi connectivity index (χ2n) is 2.49. The summed E-state index contributed by atoms with van der Waals surface area (Å²) in [6.45, 7) is 10.3.